The number of rotatable bonds is 2. The summed E-state index contributed by atoms with van der Waals surface area (Å²) in [6.45, 7) is 5.71. The molecule has 0 unspecified atom stereocenters. The Bertz CT molecular complexity index is 659. The van der Waals surface area contributed by atoms with Gasteiger partial charge in [-0.25, -0.2) is 4.39 Å². The lowest BCUT2D eigenvalue weighted by Crippen LogP contribution is -2.16. The van der Waals surface area contributed by atoms with Crippen LogP contribution in [-0.2, 0) is 0 Å². The van der Waals surface area contributed by atoms with E-state index in [0.29, 0.717) is 10.6 Å². The summed E-state index contributed by atoms with van der Waals surface area (Å²) in [4.78, 5) is 12.3. The lowest BCUT2D eigenvalue weighted by Gasteiger charge is -2.12. The highest BCUT2D eigenvalue weighted by Gasteiger charge is 2.14. The van der Waals surface area contributed by atoms with Crippen LogP contribution >= 0.6 is 11.6 Å². The van der Waals surface area contributed by atoms with Crippen molar-refractivity contribution in [3.05, 3.63) is 63.4 Å². The van der Waals surface area contributed by atoms with E-state index in [0.717, 1.165) is 16.7 Å². The van der Waals surface area contributed by atoms with E-state index in [1.165, 1.54) is 18.2 Å². The topological polar surface area (TPSA) is 29.1 Å². The Hall–Kier alpha value is -1.87. The molecule has 2 aromatic carbocycles. The van der Waals surface area contributed by atoms with Gasteiger partial charge in [-0.3, -0.25) is 4.79 Å². The maximum Gasteiger partial charge on any atom is 0.256 e. The van der Waals surface area contributed by atoms with Crippen LogP contribution in [0.5, 0.6) is 0 Å². The highest BCUT2D eigenvalue weighted by atomic mass is 35.5. The van der Waals surface area contributed by atoms with Crippen LogP contribution < -0.4 is 5.32 Å². The van der Waals surface area contributed by atoms with E-state index in [4.69, 9.17) is 11.6 Å². The quantitative estimate of drug-likeness (QED) is 0.857. The molecule has 1 amide bonds. The number of aryl methyl sites for hydroxylation is 3. The predicted octanol–water partition coefficient (Wildman–Crippen LogP) is 4.66. The molecule has 0 saturated carbocycles. The van der Waals surface area contributed by atoms with Gasteiger partial charge in [0.1, 0.15) is 5.82 Å². The molecule has 0 fully saturated rings. The average molecular weight is 292 g/mol. The zero-order valence-electron chi connectivity index (χ0n) is 11.6. The monoisotopic (exact) mass is 291 g/mol. The second-order valence-electron chi connectivity index (χ2n) is 4.85. The molecule has 0 aromatic heterocycles. The normalized spacial score (nSPS) is 10.4. The third kappa shape index (κ3) is 2.99. The van der Waals surface area contributed by atoms with Crippen LogP contribution in [0.2, 0.25) is 5.02 Å². The number of halogens is 2. The van der Waals surface area contributed by atoms with Crippen molar-refractivity contribution in [1.29, 1.82) is 0 Å². The van der Waals surface area contributed by atoms with E-state index in [1.54, 1.807) is 0 Å². The van der Waals surface area contributed by atoms with Crippen molar-refractivity contribution in [1.82, 2.24) is 0 Å². The molecule has 0 saturated heterocycles. The summed E-state index contributed by atoms with van der Waals surface area (Å²) in [6.07, 6.45) is 0. The van der Waals surface area contributed by atoms with Crippen LogP contribution in [0.3, 0.4) is 0 Å². The first kappa shape index (κ1) is 14.5. The molecule has 0 spiro atoms. The SMILES string of the molecule is Cc1cc(C)c(C(=O)Nc2ccc(Cl)cc2F)c(C)c1. The van der Waals surface area contributed by atoms with E-state index >= 15 is 0 Å². The van der Waals surface area contributed by atoms with Crippen molar-refractivity contribution in [2.75, 3.05) is 5.32 Å². The molecule has 2 nitrogen and oxygen atoms in total. The van der Waals surface area contributed by atoms with E-state index in [9.17, 15) is 9.18 Å². The number of anilines is 1. The van der Waals surface area contributed by atoms with Gasteiger partial charge in [0.2, 0.25) is 0 Å². The van der Waals surface area contributed by atoms with Gasteiger partial charge >= 0.3 is 0 Å². The Morgan fingerprint density at radius 3 is 2.25 bits per heavy atom. The fourth-order valence-corrected chi connectivity index (χ4v) is 2.47. The minimum atomic E-state index is -0.548. The summed E-state index contributed by atoms with van der Waals surface area (Å²) < 4.78 is 13.7. The molecular formula is C16H15ClFNO. The molecule has 0 bridgehead atoms. The first-order valence-electron chi connectivity index (χ1n) is 6.22. The standard InChI is InChI=1S/C16H15ClFNO/c1-9-6-10(2)15(11(3)7-9)16(20)19-14-5-4-12(17)8-13(14)18/h4-8H,1-3H3,(H,19,20). The van der Waals surface area contributed by atoms with Gasteiger partial charge in [0.15, 0.2) is 0 Å². The Labute approximate surface area is 122 Å². The van der Waals surface area contributed by atoms with E-state index in [-0.39, 0.29) is 11.6 Å². The maximum absolute atomic E-state index is 13.7. The zero-order chi connectivity index (χ0) is 14.9. The minimum absolute atomic E-state index is 0.124. The third-order valence-corrected chi connectivity index (χ3v) is 3.32. The highest BCUT2D eigenvalue weighted by molar-refractivity contribution is 6.30. The van der Waals surface area contributed by atoms with E-state index in [2.05, 4.69) is 5.32 Å². The van der Waals surface area contributed by atoms with Gasteiger partial charge in [-0.2, -0.15) is 0 Å². The van der Waals surface area contributed by atoms with Gasteiger partial charge in [-0.1, -0.05) is 29.3 Å². The van der Waals surface area contributed by atoms with Crippen LogP contribution in [0, 0.1) is 26.6 Å². The Morgan fingerprint density at radius 1 is 1.10 bits per heavy atom. The fraction of sp³-hybridized carbons (Fsp3) is 0.188. The molecular weight excluding hydrogens is 277 g/mol. The molecule has 1 N–H and O–H groups in total. The van der Waals surface area contributed by atoms with Crippen molar-refractivity contribution in [2.24, 2.45) is 0 Å². The smallest absolute Gasteiger partial charge is 0.256 e. The van der Waals surface area contributed by atoms with Gasteiger partial charge in [-0.05, 0) is 50.1 Å². The molecule has 4 heteroatoms. The maximum atomic E-state index is 13.7. The molecule has 0 heterocycles. The summed E-state index contributed by atoms with van der Waals surface area (Å²) in [7, 11) is 0. The second-order valence-corrected chi connectivity index (χ2v) is 5.29. The summed E-state index contributed by atoms with van der Waals surface area (Å²) in [5.74, 6) is -0.866. The molecule has 0 atom stereocenters. The highest BCUT2D eigenvalue weighted by Crippen LogP contribution is 2.22. The van der Waals surface area contributed by atoms with Gasteiger partial charge in [0.05, 0.1) is 5.69 Å². The van der Waals surface area contributed by atoms with Crippen molar-refractivity contribution in [3.63, 3.8) is 0 Å². The number of benzene rings is 2. The number of carbonyl (C=O) groups is 1. The van der Waals surface area contributed by atoms with Crippen LogP contribution in [0.15, 0.2) is 30.3 Å². The van der Waals surface area contributed by atoms with Crippen LogP contribution in [0.1, 0.15) is 27.0 Å². The second kappa shape index (κ2) is 5.63. The molecule has 0 aliphatic rings. The third-order valence-electron chi connectivity index (χ3n) is 3.08. The van der Waals surface area contributed by atoms with E-state index in [1.807, 2.05) is 32.9 Å². The Balaban J connectivity index is 2.33. The number of carbonyl (C=O) groups excluding carboxylic acids is 1. The lowest BCUT2D eigenvalue weighted by molar-refractivity contribution is 0.102. The van der Waals surface area contributed by atoms with Crippen LogP contribution in [0.25, 0.3) is 0 Å². The predicted molar refractivity (Wildman–Crippen MR) is 80.0 cm³/mol. The molecule has 104 valence electrons. The van der Waals surface area contributed by atoms with Crippen LogP contribution in [-0.4, -0.2) is 5.91 Å². The summed E-state index contributed by atoms with van der Waals surface area (Å²) in [5, 5.41) is 2.88. The number of hydrogen-bond acceptors (Lipinski definition) is 1. The minimum Gasteiger partial charge on any atom is -0.319 e. The molecule has 0 radical (unpaired) electrons. The summed E-state index contributed by atoms with van der Waals surface area (Å²) in [6, 6.07) is 8.02. The van der Waals surface area contributed by atoms with Gasteiger partial charge < -0.3 is 5.32 Å². The average Bonchev–Trinajstić information content (AvgIpc) is 2.31. The Kier molecular flexibility index (Phi) is 4.09. The molecule has 20 heavy (non-hydrogen) atoms. The zero-order valence-corrected chi connectivity index (χ0v) is 12.3. The first-order valence-corrected chi connectivity index (χ1v) is 6.60. The molecule has 0 aliphatic heterocycles. The summed E-state index contributed by atoms with van der Waals surface area (Å²) >= 11 is 5.69. The molecule has 0 aliphatic carbocycles. The number of hydrogen-bond donors (Lipinski definition) is 1. The summed E-state index contributed by atoms with van der Waals surface area (Å²) in [5.41, 5.74) is 3.53. The largest absolute Gasteiger partial charge is 0.319 e. The van der Waals surface area contributed by atoms with Gasteiger partial charge in [-0.15, -0.1) is 0 Å². The Morgan fingerprint density at radius 2 is 1.70 bits per heavy atom. The van der Waals surface area contributed by atoms with Crippen LogP contribution in [0.4, 0.5) is 10.1 Å². The lowest BCUT2D eigenvalue weighted by atomic mass is 9.99. The molecule has 2 rings (SSSR count). The van der Waals surface area contributed by atoms with Gasteiger partial charge in [0.25, 0.3) is 5.91 Å². The molecule has 2 aromatic rings. The van der Waals surface area contributed by atoms with Gasteiger partial charge in [0, 0.05) is 10.6 Å². The number of amides is 1. The van der Waals surface area contributed by atoms with Crippen molar-refractivity contribution < 1.29 is 9.18 Å². The fourth-order valence-electron chi connectivity index (χ4n) is 2.31. The van der Waals surface area contributed by atoms with Crippen molar-refractivity contribution >= 4 is 23.2 Å². The van der Waals surface area contributed by atoms with Crippen molar-refractivity contribution in [3.8, 4) is 0 Å². The van der Waals surface area contributed by atoms with Crippen molar-refractivity contribution in [2.45, 2.75) is 20.8 Å². The first-order chi connectivity index (χ1) is 9.38. The number of nitrogens with one attached hydrogen (secondary N) is 1. The van der Waals surface area contributed by atoms with E-state index < -0.39 is 5.82 Å².